The molecule has 2 atom stereocenters. The van der Waals surface area contributed by atoms with E-state index in [2.05, 4.69) is 17.6 Å². The molecule has 1 heterocycles. The van der Waals surface area contributed by atoms with Crippen LogP contribution in [0.1, 0.15) is 101 Å². The first-order valence-electron chi connectivity index (χ1n) is 15.2. The van der Waals surface area contributed by atoms with E-state index in [4.69, 9.17) is 0 Å². The average molecular weight is 558 g/mol. The summed E-state index contributed by atoms with van der Waals surface area (Å²) < 4.78 is 0. The lowest BCUT2D eigenvalue weighted by Gasteiger charge is -2.18. The lowest BCUT2D eigenvalue weighted by molar-refractivity contribution is -0.122. The molecule has 0 saturated carbocycles. The van der Waals surface area contributed by atoms with Crippen molar-refractivity contribution in [3.05, 3.63) is 65.7 Å². The van der Waals surface area contributed by atoms with Crippen LogP contribution in [-0.4, -0.2) is 23.6 Å². The number of imide groups is 1. The molecule has 7 heteroatoms. The number of benzene rings is 2. The van der Waals surface area contributed by atoms with Crippen LogP contribution in [0, 0.1) is 11.8 Å². The van der Waals surface area contributed by atoms with Crippen LogP contribution in [0.2, 0.25) is 0 Å². The van der Waals surface area contributed by atoms with Crippen molar-refractivity contribution in [3.63, 3.8) is 0 Å². The Balaban J connectivity index is 1.23. The Bertz CT molecular complexity index is 1270. The maximum Gasteiger partial charge on any atom is 0.255 e. The van der Waals surface area contributed by atoms with E-state index in [0.29, 0.717) is 41.9 Å². The summed E-state index contributed by atoms with van der Waals surface area (Å²) in [5, 5.41) is 5.79. The van der Waals surface area contributed by atoms with Crippen LogP contribution in [-0.2, 0) is 14.4 Å². The zero-order valence-electron chi connectivity index (χ0n) is 24.4. The molecular formula is C34H43N3O4. The molecule has 0 spiro atoms. The fourth-order valence-corrected chi connectivity index (χ4v) is 5.75. The van der Waals surface area contributed by atoms with Gasteiger partial charge in [-0.05, 0) is 68.7 Å². The van der Waals surface area contributed by atoms with Crippen molar-refractivity contribution in [3.8, 4) is 0 Å². The predicted molar refractivity (Wildman–Crippen MR) is 164 cm³/mol. The minimum atomic E-state index is -0.317. The van der Waals surface area contributed by atoms with Gasteiger partial charge in [0.15, 0.2) is 0 Å². The molecule has 0 unspecified atom stereocenters. The van der Waals surface area contributed by atoms with E-state index in [9.17, 15) is 19.2 Å². The summed E-state index contributed by atoms with van der Waals surface area (Å²) in [6.07, 6.45) is 14.6. The first-order chi connectivity index (χ1) is 19.9. The Hall–Kier alpha value is -3.74. The molecule has 2 aliphatic rings. The fraction of sp³-hybridized carbons (Fsp3) is 0.471. The fourth-order valence-electron chi connectivity index (χ4n) is 5.75. The molecule has 0 aromatic heterocycles. The number of rotatable bonds is 14. The molecule has 1 aliphatic heterocycles. The van der Waals surface area contributed by atoms with Crippen molar-refractivity contribution in [1.29, 1.82) is 0 Å². The number of nitrogens with zero attached hydrogens (tertiary/aromatic N) is 1. The molecule has 4 rings (SSSR count). The van der Waals surface area contributed by atoms with Crippen molar-refractivity contribution in [1.82, 2.24) is 0 Å². The number of carbonyl (C=O) groups excluding carboxylic acids is 4. The van der Waals surface area contributed by atoms with Crippen LogP contribution in [0.25, 0.3) is 0 Å². The number of hydrogen-bond donors (Lipinski definition) is 2. The molecule has 41 heavy (non-hydrogen) atoms. The summed E-state index contributed by atoms with van der Waals surface area (Å²) in [7, 11) is 0. The molecule has 0 radical (unpaired) electrons. The van der Waals surface area contributed by atoms with E-state index < -0.39 is 0 Å². The van der Waals surface area contributed by atoms with Gasteiger partial charge < -0.3 is 10.6 Å². The topological polar surface area (TPSA) is 95.6 Å². The van der Waals surface area contributed by atoms with Gasteiger partial charge in [-0.25, -0.2) is 0 Å². The van der Waals surface area contributed by atoms with Crippen molar-refractivity contribution in [2.75, 3.05) is 15.5 Å². The zero-order chi connectivity index (χ0) is 29.2. The van der Waals surface area contributed by atoms with Gasteiger partial charge in [0, 0.05) is 23.4 Å². The molecule has 4 amide bonds. The summed E-state index contributed by atoms with van der Waals surface area (Å²) >= 11 is 0. The van der Waals surface area contributed by atoms with Gasteiger partial charge in [0.25, 0.3) is 5.91 Å². The standard InChI is InChI=1S/C34H43N3O4/c1-3-4-5-6-7-8-9-10-11-15-31(38)35-26-13-12-14-27(23-26)36-32(39)25-17-19-28(20-18-25)37-33(40)29-21-16-24(2)22-30(29)34(37)41/h12-14,16-20,23,29-30H,3-11,15,21-22H2,1-2H3,(H,35,38)(H,36,39)/t29-,30-/m1/s1. The van der Waals surface area contributed by atoms with E-state index in [1.165, 1.54) is 49.8 Å². The molecule has 7 nitrogen and oxygen atoms in total. The summed E-state index contributed by atoms with van der Waals surface area (Å²) in [6, 6.07) is 13.6. The Morgan fingerprint density at radius 3 is 2.10 bits per heavy atom. The highest BCUT2D eigenvalue weighted by molar-refractivity contribution is 6.22. The molecule has 2 aromatic rings. The van der Waals surface area contributed by atoms with Crippen LogP contribution in [0.15, 0.2) is 60.2 Å². The SMILES string of the molecule is CCCCCCCCCCCC(=O)Nc1cccc(NC(=O)c2ccc(N3C(=O)[C@@H]4CC=C(C)C[C@H]4C3=O)cc2)c1. The second-order valence-electron chi connectivity index (χ2n) is 11.4. The molecule has 218 valence electrons. The van der Waals surface area contributed by atoms with Gasteiger partial charge in [-0.3, -0.25) is 24.1 Å². The lowest BCUT2D eigenvalue weighted by atomic mass is 9.82. The van der Waals surface area contributed by atoms with Crippen LogP contribution < -0.4 is 15.5 Å². The third-order valence-corrected chi connectivity index (χ3v) is 8.12. The number of allylic oxidation sites excluding steroid dienone is 2. The van der Waals surface area contributed by atoms with Crippen molar-refractivity contribution in [2.24, 2.45) is 11.8 Å². The van der Waals surface area contributed by atoms with Crippen LogP contribution in [0.4, 0.5) is 17.1 Å². The molecule has 2 aromatic carbocycles. The number of hydrogen-bond acceptors (Lipinski definition) is 4. The highest BCUT2D eigenvalue weighted by Crippen LogP contribution is 2.39. The summed E-state index contributed by atoms with van der Waals surface area (Å²) in [5.74, 6) is -1.27. The first kappa shape index (κ1) is 30.2. The summed E-state index contributed by atoms with van der Waals surface area (Å²) in [4.78, 5) is 52.5. The number of amides is 4. The minimum Gasteiger partial charge on any atom is -0.326 e. The van der Waals surface area contributed by atoms with Gasteiger partial charge in [-0.15, -0.1) is 0 Å². The summed E-state index contributed by atoms with van der Waals surface area (Å²) in [5.41, 5.74) is 3.24. The van der Waals surface area contributed by atoms with Crippen LogP contribution >= 0.6 is 0 Å². The van der Waals surface area contributed by atoms with Gasteiger partial charge >= 0.3 is 0 Å². The second kappa shape index (κ2) is 14.8. The van der Waals surface area contributed by atoms with Crippen LogP contribution in [0.3, 0.4) is 0 Å². The first-order valence-corrected chi connectivity index (χ1v) is 15.2. The number of nitrogens with one attached hydrogen (secondary N) is 2. The maximum atomic E-state index is 13.0. The largest absolute Gasteiger partial charge is 0.326 e. The van der Waals surface area contributed by atoms with Gasteiger partial charge in [-0.2, -0.15) is 0 Å². The number of carbonyl (C=O) groups is 4. The van der Waals surface area contributed by atoms with Gasteiger partial charge in [-0.1, -0.05) is 76.0 Å². The zero-order valence-corrected chi connectivity index (χ0v) is 24.4. The molecule has 1 fully saturated rings. The maximum absolute atomic E-state index is 13.0. The Labute approximate surface area is 243 Å². The number of fused-ring (bicyclic) bond motifs is 1. The van der Waals surface area contributed by atoms with E-state index in [1.54, 1.807) is 48.5 Å². The molecule has 1 aliphatic carbocycles. The monoisotopic (exact) mass is 557 g/mol. The Morgan fingerprint density at radius 2 is 1.41 bits per heavy atom. The second-order valence-corrected chi connectivity index (χ2v) is 11.4. The number of anilines is 3. The summed E-state index contributed by atoms with van der Waals surface area (Å²) in [6.45, 7) is 4.22. The highest BCUT2D eigenvalue weighted by Gasteiger charge is 2.48. The van der Waals surface area contributed by atoms with E-state index in [0.717, 1.165) is 18.4 Å². The molecule has 1 saturated heterocycles. The van der Waals surface area contributed by atoms with Crippen molar-refractivity contribution >= 4 is 40.7 Å². The van der Waals surface area contributed by atoms with E-state index >= 15 is 0 Å². The molecular weight excluding hydrogens is 514 g/mol. The normalized spacial score (nSPS) is 18.2. The van der Waals surface area contributed by atoms with E-state index in [-0.39, 0.29) is 35.5 Å². The van der Waals surface area contributed by atoms with Crippen molar-refractivity contribution in [2.45, 2.75) is 90.9 Å². The van der Waals surface area contributed by atoms with Gasteiger partial charge in [0.2, 0.25) is 17.7 Å². The predicted octanol–water partition coefficient (Wildman–Crippen LogP) is 7.64. The van der Waals surface area contributed by atoms with Crippen molar-refractivity contribution < 1.29 is 19.2 Å². The van der Waals surface area contributed by atoms with Gasteiger partial charge in [0.1, 0.15) is 0 Å². The quantitative estimate of drug-likeness (QED) is 0.142. The van der Waals surface area contributed by atoms with Crippen LogP contribution in [0.5, 0.6) is 0 Å². The molecule has 0 bridgehead atoms. The molecule has 2 N–H and O–H groups in total. The third kappa shape index (κ3) is 8.15. The highest BCUT2D eigenvalue weighted by atomic mass is 16.2. The lowest BCUT2D eigenvalue weighted by Crippen LogP contribution is -2.30. The number of unbranched alkanes of at least 4 members (excludes halogenated alkanes) is 8. The Kier molecular flexibility index (Phi) is 10.9. The average Bonchev–Trinajstić information content (AvgIpc) is 3.21. The minimum absolute atomic E-state index is 0.0243. The third-order valence-electron chi connectivity index (χ3n) is 8.12. The van der Waals surface area contributed by atoms with E-state index in [1.807, 2.05) is 13.0 Å². The Morgan fingerprint density at radius 1 is 0.805 bits per heavy atom. The smallest absolute Gasteiger partial charge is 0.255 e. The van der Waals surface area contributed by atoms with Gasteiger partial charge in [0.05, 0.1) is 17.5 Å².